The van der Waals surface area contributed by atoms with Crippen LogP contribution in [0.25, 0.3) is 49.3 Å². The average molecular weight is 715 g/mol. The minimum absolute atomic E-state index is 0.385. The fourth-order valence-electron chi connectivity index (χ4n) is 9.94. The van der Waals surface area contributed by atoms with Crippen LogP contribution in [-0.4, -0.2) is 4.57 Å². The van der Waals surface area contributed by atoms with Crippen LogP contribution < -0.4 is 5.73 Å². The van der Waals surface area contributed by atoms with Crippen LogP contribution in [0.2, 0.25) is 0 Å². The Morgan fingerprint density at radius 2 is 1.39 bits per heavy atom. The minimum atomic E-state index is -0.596. The van der Waals surface area contributed by atoms with Crippen molar-refractivity contribution in [1.29, 1.82) is 0 Å². The lowest BCUT2D eigenvalue weighted by Gasteiger charge is -2.39. The molecule has 8 aromatic rings. The highest BCUT2D eigenvalue weighted by atomic mass is 32.1. The number of allylic oxidation sites excluding steroid dienone is 4. The van der Waals surface area contributed by atoms with E-state index < -0.39 is 5.41 Å². The van der Waals surface area contributed by atoms with Gasteiger partial charge >= 0.3 is 0 Å². The SMILES string of the molecule is Cc1ccc2c(c1)c1cc(S)cc(-c3c4c(cc5c(C(c6ccccc6)(c6ccccc6)c6ccccc6C)cccc35)C3=C(CCC=C3)C4)c1n2CN. The fourth-order valence-corrected chi connectivity index (χ4v) is 10.2. The summed E-state index contributed by atoms with van der Waals surface area (Å²) in [6.07, 6.45) is 7.87. The van der Waals surface area contributed by atoms with Crippen molar-refractivity contribution in [1.82, 2.24) is 4.57 Å². The number of benzene rings is 7. The van der Waals surface area contributed by atoms with Gasteiger partial charge in [-0.15, -0.1) is 12.6 Å². The van der Waals surface area contributed by atoms with E-state index in [-0.39, 0.29) is 0 Å². The third-order valence-electron chi connectivity index (χ3n) is 12.2. The topological polar surface area (TPSA) is 30.9 Å². The molecule has 0 atom stereocenters. The molecule has 1 heterocycles. The minimum Gasteiger partial charge on any atom is -0.327 e. The molecule has 0 bridgehead atoms. The standard InChI is InChI=1S/C51H42N2S/c1-32-24-25-48-42(26-32)44-28-37(54)29-45(50(44)53(48)31-52)49-39-21-13-23-47(41(39)30-40-38-20-11-10-15-34(38)27-43(40)49)51(35-16-5-3-6-17-35,36-18-7-4-8-19-36)46-22-12-9-14-33(46)2/h3-9,11-14,16-26,28-30,54H,10,15,27,31,52H2,1-2H3. The van der Waals surface area contributed by atoms with Crippen LogP contribution in [0.5, 0.6) is 0 Å². The number of nitrogens with two attached hydrogens (primary N) is 1. The van der Waals surface area contributed by atoms with E-state index in [2.05, 4.69) is 170 Å². The van der Waals surface area contributed by atoms with E-state index in [0.717, 1.165) is 29.7 Å². The Hall–Kier alpha value is -5.61. The van der Waals surface area contributed by atoms with Crippen LogP contribution in [0.4, 0.5) is 0 Å². The zero-order chi connectivity index (χ0) is 36.6. The molecule has 54 heavy (non-hydrogen) atoms. The van der Waals surface area contributed by atoms with Gasteiger partial charge in [-0.25, -0.2) is 0 Å². The first-order chi connectivity index (χ1) is 26.5. The average Bonchev–Trinajstić information content (AvgIpc) is 3.73. The predicted octanol–water partition coefficient (Wildman–Crippen LogP) is 12.5. The molecule has 262 valence electrons. The maximum absolute atomic E-state index is 6.69. The van der Waals surface area contributed by atoms with Crippen LogP contribution in [-0.2, 0) is 18.5 Å². The summed E-state index contributed by atoms with van der Waals surface area (Å²) < 4.78 is 2.31. The van der Waals surface area contributed by atoms with Crippen molar-refractivity contribution >= 4 is 50.8 Å². The highest BCUT2D eigenvalue weighted by Crippen LogP contribution is 2.53. The second-order valence-electron chi connectivity index (χ2n) is 15.1. The summed E-state index contributed by atoms with van der Waals surface area (Å²) in [6.45, 7) is 4.81. The van der Waals surface area contributed by atoms with Gasteiger partial charge in [-0.3, -0.25) is 0 Å². The second-order valence-corrected chi connectivity index (χ2v) is 15.6. The van der Waals surface area contributed by atoms with Crippen molar-refractivity contribution in [2.24, 2.45) is 5.73 Å². The summed E-state index contributed by atoms with van der Waals surface area (Å²) in [5.41, 5.74) is 24.1. The second kappa shape index (κ2) is 12.8. The zero-order valence-electron chi connectivity index (χ0n) is 30.7. The number of hydrogen-bond donors (Lipinski definition) is 2. The summed E-state index contributed by atoms with van der Waals surface area (Å²) in [5.74, 6) is 0. The molecule has 2 aliphatic carbocycles. The number of thiol groups is 1. The molecular formula is C51H42N2S. The van der Waals surface area contributed by atoms with Crippen molar-refractivity contribution in [3.8, 4) is 11.1 Å². The lowest BCUT2D eigenvalue weighted by molar-refractivity contribution is 0.745. The van der Waals surface area contributed by atoms with Gasteiger partial charge in [-0.2, -0.15) is 0 Å². The molecular weight excluding hydrogens is 673 g/mol. The Morgan fingerprint density at radius 3 is 2.13 bits per heavy atom. The van der Waals surface area contributed by atoms with Crippen LogP contribution in [0.3, 0.4) is 0 Å². The molecule has 2 nitrogen and oxygen atoms in total. The number of aryl methyl sites for hydroxylation is 2. The Labute approximate surface area is 322 Å². The smallest absolute Gasteiger partial charge is 0.0710 e. The predicted molar refractivity (Wildman–Crippen MR) is 231 cm³/mol. The molecule has 0 unspecified atom stereocenters. The van der Waals surface area contributed by atoms with Gasteiger partial charge in [0, 0.05) is 21.2 Å². The largest absolute Gasteiger partial charge is 0.327 e. The summed E-state index contributed by atoms with van der Waals surface area (Å²) in [7, 11) is 0. The van der Waals surface area contributed by atoms with Gasteiger partial charge in [0.2, 0.25) is 0 Å². The van der Waals surface area contributed by atoms with E-state index in [1.54, 1.807) is 0 Å². The molecule has 0 saturated carbocycles. The van der Waals surface area contributed by atoms with E-state index >= 15 is 0 Å². The molecule has 0 radical (unpaired) electrons. The Balaban J connectivity index is 1.41. The van der Waals surface area contributed by atoms with Crippen LogP contribution in [0.15, 0.2) is 162 Å². The van der Waals surface area contributed by atoms with Crippen LogP contribution in [0, 0.1) is 13.8 Å². The molecule has 1 aromatic heterocycles. The van der Waals surface area contributed by atoms with E-state index in [4.69, 9.17) is 18.4 Å². The van der Waals surface area contributed by atoms with Crippen molar-refractivity contribution in [2.45, 2.75) is 50.1 Å². The van der Waals surface area contributed by atoms with Gasteiger partial charge < -0.3 is 10.3 Å². The van der Waals surface area contributed by atoms with E-state index in [1.807, 2.05) is 0 Å². The zero-order valence-corrected chi connectivity index (χ0v) is 31.6. The van der Waals surface area contributed by atoms with Crippen LogP contribution >= 0.6 is 12.6 Å². The molecule has 0 fully saturated rings. The third kappa shape index (κ3) is 4.78. The number of rotatable bonds is 6. The highest BCUT2D eigenvalue weighted by Gasteiger charge is 2.41. The van der Waals surface area contributed by atoms with Crippen molar-refractivity contribution in [2.75, 3.05) is 0 Å². The van der Waals surface area contributed by atoms with E-state index in [1.165, 1.54) is 93.8 Å². The first kappa shape index (κ1) is 33.0. The lowest BCUT2D eigenvalue weighted by atomic mass is 9.63. The molecule has 0 amide bonds. The summed E-state index contributed by atoms with van der Waals surface area (Å²) in [5, 5.41) is 4.93. The van der Waals surface area contributed by atoms with Gasteiger partial charge in [0.1, 0.15) is 0 Å². The van der Waals surface area contributed by atoms with Gasteiger partial charge in [-0.05, 0) is 124 Å². The molecule has 7 aromatic carbocycles. The monoisotopic (exact) mass is 714 g/mol. The van der Waals surface area contributed by atoms with Crippen molar-refractivity contribution in [3.63, 3.8) is 0 Å². The lowest BCUT2D eigenvalue weighted by Crippen LogP contribution is -2.32. The summed E-state index contributed by atoms with van der Waals surface area (Å²) in [4.78, 5) is 0.954. The van der Waals surface area contributed by atoms with Crippen molar-refractivity contribution < 1.29 is 0 Å². The van der Waals surface area contributed by atoms with Gasteiger partial charge in [0.05, 0.1) is 23.1 Å². The number of hydrogen-bond acceptors (Lipinski definition) is 2. The summed E-state index contributed by atoms with van der Waals surface area (Å²) in [6, 6.07) is 52.0. The molecule has 0 spiro atoms. The van der Waals surface area contributed by atoms with Crippen LogP contribution in [0.1, 0.15) is 57.3 Å². The first-order valence-electron chi connectivity index (χ1n) is 19.1. The van der Waals surface area contributed by atoms with Crippen molar-refractivity contribution in [3.05, 3.63) is 202 Å². The van der Waals surface area contributed by atoms with Gasteiger partial charge in [-0.1, -0.05) is 132 Å². The molecule has 0 aliphatic heterocycles. The highest BCUT2D eigenvalue weighted by molar-refractivity contribution is 7.80. The molecule has 2 N–H and O–H groups in total. The molecule has 10 rings (SSSR count). The Kier molecular flexibility index (Phi) is 7.80. The first-order valence-corrected chi connectivity index (χ1v) is 19.5. The third-order valence-corrected chi connectivity index (χ3v) is 12.4. The molecule has 3 heteroatoms. The quantitative estimate of drug-likeness (QED) is 0.130. The van der Waals surface area contributed by atoms with E-state index in [0.29, 0.717) is 6.67 Å². The van der Waals surface area contributed by atoms with Gasteiger partial charge in [0.25, 0.3) is 0 Å². The maximum atomic E-state index is 6.69. The number of aromatic nitrogens is 1. The Morgan fingerprint density at radius 1 is 0.667 bits per heavy atom. The number of fused-ring (bicyclic) bond motifs is 6. The molecule has 2 aliphatic rings. The van der Waals surface area contributed by atoms with Gasteiger partial charge in [0.15, 0.2) is 0 Å². The fraction of sp³-hybridized carbons (Fsp3) is 0.137. The normalized spacial score (nSPS) is 14.0. The number of nitrogens with zero attached hydrogens (tertiary/aromatic N) is 1. The molecule has 0 saturated heterocycles. The Bertz CT molecular complexity index is 2820. The maximum Gasteiger partial charge on any atom is 0.0710 e. The van der Waals surface area contributed by atoms with E-state index in [9.17, 15) is 0 Å². The summed E-state index contributed by atoms with van der Waals surface area (Å²) >= 11 is 5.11.